The van der Waals surface area contributed by atoms with Gasteiger partial charge < -0.3 is 9.64 Å². The molecule has 2 aromatic carbocycles. The zero-order valence-electron chi connectivity index (χ0n) is 13.2. The Bertz CT molecular complexity index is 690. The van der Waals surface area contributed by atoms with E-state index < -0.39 is 0 Å². The van der Waals surface area contributed by atoms with Gasteiger partial charge in [-0.25, -0.2) is 4.39 Å². The lowest BCUT2D eigenvalue weighted by Crippen LogP contribution is -2.34. The molecule has 23 heavy (non-hydrogen) atoms. The van der Waals surface area contributed by atoms with Gasteiger partial charge in [0.2, 0.25) is 0 Å². The summed E-state index contributed by atoms with van der Waals surface area (Å²) in [5, 5.41) is 0.657. The summed E-state index contributed by atoms with van der Waals surface area (Å²) in [6, 6.07) is 11.5. The SMILES string of the molecule is CCN(Cc1cccc(F)c1)C(=O)COc1ccc(Cl)c(C)c1. The minimum Gasteiger partial charge on any atom is -0.484 e. The molecular formula is C18H19ClFNO2. The van der Waals surface area contributed by atoms with Crippen molar-refractivity contribution in [3.8, 4) is 5.75 Å². The van der Waals surface area contributed by atoms with Crippen LogP contribution in [0.25, 0.3) is 0 Å². The Morgan fingerprint density at radius 3 is 2.70 bits per heavy atom. The Kier molecular flexibility index (Phi) is 5.99. The van der Waals surface area contributed by atoms with E-state index in [-0.39, 0.29) is 18.3 Å². The fourth-order valence-electron chi connectivity index (χ4n) is 2.18. The number of likely N-dealkylation sites (N-methyl/N-ethyl adjacent to an activating group) is 1. The first-order valence-corrected chi connectivity index (χ1v) is 7.78. The van der Waals surface area contributed by atoms with E-state index >= 15 is 0 Å². The number of halogens is 2. The topological polar surface area (TPSA) is 29.5 Å². The van der Waals surface area contributed by atoms with Crippen molar-refractivity contribution in [2.24, 2.45) is 0 Å². The fourth-order valence-corrected chi connectivity index (χ4v) is 2.29. The molecule has 1 amide bonds. The number of amides is 1. The van der Waals surface area contributed by atoms with E-state index in [4.69, 9.17) is 16.3 Å². The Hall–Kier alpha value is -2.07. The van der Waals surface area contributed by atoms with E-state index in [9.17, 15) is 9.18 Å². The zero-order chi connectivity index (χ0) is 16.8. The molecule has 0 aliphatic heterocycles. The van der Waals surface area contributed by atoms with E-state index in [0.29, 0.717) is 23.9 Å². The molecule has 2 aromatic rings. The highest BCUT2D eigenvalue weighted by molar-refractivity contribution is 6.31. The smallest absolute Gasteiger partial charge is 0.260 e. The molecule has 5 heteroatoms. The standard InChI is InChI=1S/C18H19ClFNO2/c1-3-21(11-14-5-4-6-15(20)10-14)18(22)12-23-16-7-8-17(19)13(2)9-16/h4-10H,3,11-12H2,1-2H3. The Morgan fingerprint density at radius 2 is 2.04 bits per heavy atom. The molecule has 3 nitrogen and oxygen atoms in total. The second-order valence-electron chi connectivity index (χ2n) is 5.24. The number of rotatable bonds is 6. The summed E-state index contributed by atoms with van der Waals surface area (Å²) in [5.74, 6) is 0.144. The first-order valence-electron chi connectivity index (χ1n) is 7.40. The molecular weight excluding hydrogens is 317 g/mol. The number of nitrogens with zero attached hydrogens (tertiary/aromatic N) is 1. The van der Waals surface area contributed by atoms with Gasteiger partial charge in [-0.3, -0.25) is 4.79 Å². The molecule has 0 N–H and O–H groups in total. The molecule has 0 fully saturated rings. The summed E-state index contributed by atoms with van der Waals surface area (Å²) < 4.78 is 18.7. The predicted molar refractivity (Wildman–Crippen MR) is 89.2 cm³/mol. The molecule has 0 atom stereocenters. The minimum atomic E-state index is -0.307. The van der Waals surface area contributed by atoms with Crippen LogP contribution in [-0.4, -0.2) is 24.0 Å². The molecule has 0 unspecified atom stereocenters. The number of hydrogen-bond donors (Lipinski definition) is 0. The molecule has 0 saturated heterocycles. The van der Waals surface area contributed by atoms with Crippen LogP contribution in [0.15, 0.2) is 42.5 Å². The summed E-state index contributed by atoms with van der Waals surface area (Å²) in [7, 11) is 0. The number of aryl methyl sites for hydroxylation is 1. The first kappa shape index (κ1) is 17.3. The van der Waals surface area contributed by atoms with Crippen LogP contribution in [0.2, 0.25) is 5.02 Å². The van der Waals surface area contributed by atoms with Gasteiger partial charge in [-0.05, 0) is 55.3 Å². The van der Waals surface area contributed by atoms with Crippen molar-refractivity contribution in [3.63, 3.8) is 0 Å². The van der Waals surface area contributed by atoms with Crippen LogP contribution in [0, 0.1) is 12.7 Å². The summed E-state index contributed by atoms with van der Waals surface area (Å²) in [4.78, 5) is 13.9. The molecule has 0 saturated carbocycles. The average molecular weight is 336 g/mol. The number of carbonyl (C=O) groups is 1. The lowest BCUT2D eigenvalue weighted by atomic mass is 10.2. The van der Waals surface area contributed by atoms with Crippen LogP contribution in [0.4, 0.5) is 4.39 Å². The summed E-state index contributed by atoms with van der Waals surface area (Å²) in [5.41, 5.74) is 1.64. The molecule has 2 rings (SSSR count). The van der Waals surface area contributed by atoms with Crippen LogP contribution in [0.1, 0.15) is 18.1 Å². The van der Waals surface area contributed by atoms with Crippen LogP contribution in [-0.2, 0) is 11.3 Å². The van der Waals surface area contributed by atoms with Crippen molar-refractivity contribution in [3.05, 3.63) is 64.4 Å². The number of benzene rings is 2. The van der Waals surface area contributed by atoms with Crippen molar-refractivity contribution in [1.29, 1.82) is 0 Å². The van der Waals surface area contributed by atoms with Gasteiger partial charge in [-0.2, -0.15) is 0 Å². The van der Waals surface area contributed by atoms with Crippen molar-refractivity contribution < 1.29 is 13.9 Å². The van der Waals surface area contributed by atoms with E-state index in [1.165, 1.54) is 12.1 Å². The monoisotopic (exact) mass is 335 g/mol. The van der Waals surface area contributed by atoms with Gasteiger partial charge in [0.1, 0.15) is 11.6 Å². The number of ether oxygens (including phenoxy) is 1. The summed E-state index contributed by atoms with van der Waals surface area (Å²) in [6.45, 7) is 4.57. The number of carbonyl (C=O) groups excluding carboxylic acids is 1. The molecule has 0 aromatic heterocycles. The highest BCUT2D eigenvalue weighted by atomic mass is 35.5. The quantitative estimate of drug-likeness (QED) is 0.791. The first-order chi connectivity index (χ1) is 11.0. The summed E-state index contributed by atoms with van der Waals surface area (Å²) >= 11 is 5.96. The molecule has 0 heterocycles. The van der Waals surface area contributed by atoms with Crippen molar-refractivity contribution in [2.75, 3.05) is 13.2 Å². The van der Waals surface area contributed by atoms with E-state index in [1.807, 2.05) is 13.8 Å². The minimum absolute atomic E-state index is 0.0652. The Balaban J connectivity index is 1.95. The molecule has 0 spiro atoms. The average Bonchev–Trinajstić information content (AvgIpc) is 2.53. The van der Waals surface area contributed by atoms with Gasteiger partial charge in [-0.1, -0.05) is 23.7 Å². The van der Waals surface area contributed by atoms with Crippen LogP contribution >= 0.6 is 11.6 Å². The second kappa shape index (κ2) is 7.97. The lowest BCUT2D eigenvalue weighted by molar-refractivity contribution is -0.133. The normalized spacial score (nSPS) is 10.4. The van der Waals surface area contributed by atoms with Crippen molar-refractivity contribution in [1.82, 2.24) is 4.90 Å². The van der Waals surface area contributed by atoms with Crippen molar-refractivity contribution >= 4 is 17.5 Å². The molecule has 122 valence electrons. The Morgan fingerprint density at radius 1 is 1.26 bits per heavy atom. The largest absolute Gasteiger partial charge is 0.484 e. The van der Waals surface area contributed by atoms with E-state index in [0.717, 1.165) is 11.1 Å². The molecule has 0 bridgehead atoms. The number of hydrogen-bond acceptors (Lipinski definition) is 2. The van der Waals surface area contributed by atoms with Gasteiger partial charge in [0.15, 0.2) is 6.61 Å². The van der Waals surface area contributed by atoms with Gasteiger partial charge >= 0.3 is 0 Å². The van der Waals surface area contributed by atoms with E-state index in [2.05, 4.69) is 0 Å². The summed E-state index contributed by atoms with van der Waals surface area (Å²) in [6.07, 6.45) is 0. The van der Waals surface area contributed by atoms with E-state index in [1.54, 1.807) is 35.2 Å². The predicted octanol–water partition coefficient (Wildman–Crippen LogP) is 4.22. The second-order valence-corrected chi connectivity index (χ2v) is 5.64. The molecule has 0 aliphatic rings. The van der Waals surface area contributed by atoms with Crippen LogP contribution in [0.3, 0.4) is 0 Å². The van der Waals surface area contributed by atoms with Gasteiger partial charge in [0, 0.05) is 18.1 Å². The highest BCUT2D eigenvalue weighted by Crippen LogP contribution is 2.21. The van der Waals surface area contributed by atoms with Gasteiger partial charge in [0.05, 0.1) is 0 Å². The lowest BCUT2D eigenvalue weighted by Gasteiger charge is -2.21. The van der Waals surface area contributed by atoms with Gasteiger partial charge in [0.25, 0.3) is 5.91 Å². The van der Waals surface area contributed by atoms with Crippen molar-refractivity contribution in [2.45, 2.75) is 20.4 Å². The molecule has 0 aliphatic carbocycles. The maximum atomic E-state index is 13.2. The third-order valence-corrected chi connectivity index (χ3v) is 3.91. The zero-order valence-corrected chi connectivity index (χ0v) is 13.9. The highest BCUT2D eigenvalue weighted by Gasteiger charge is 2.13. The molecule has 0 radical (unpaired) electrons. The van der Waals surface area contributed by atoms with Gasteiger partial charge in [-0.15, -0.1) is 0 Å². The van der Waals surface area contributed by atoms with Crippen LogP contribution in [0.5, 0.6) is 5.75 Å². The van der Waals surface area contributed by atoms with Crippen LogP contribution < -0.4 is 4.74 Å². The third-order valence-electron chi connectivity index (χ3n) is 3.49. The fraction of sp³-hybridized carbons (Fsp3) is 0.278. The Labute approximate surface area is 140 Å². The maximum Gasteiger partial charge on any atom is 0.260 e. The maximum absolute atomic E-state index is 13.2. The third kappa shape index (κ3) is 4.96.